The molecule has 0 amide bonds. The molecule has 3 rings (SSSR count). The number of fused-ring (bicyclic) bond motifs is 1. The molecule has 0 aliphatic rings. The van der Waals surface area contributed by atoms with Gasteiger partial charge in [0.15, 0.2) is 5.65 Å². The molecule has 21 heavy (non-hydrogen) atoms. The first-order valence-corrected chi connectivity index (χ1v) is 6.71. The van der Waals surface area contributed by atoms with Crippen LogP contribution in [0.1, 0.15) is 11.1 Å². The number of nitrogens with one attached hydrogen (secondary N) is 2. The van der Waals surface area contributed by atoms with Crippen LogP contribution in [0.2, 0.25) is 0 Å². The number of rotatable bonds is 5. The Hall–Kier alpha value is -2.67. The molecule has 7 heteroatoms. The monoisotopic (exact) mass is 284 g/mol. The summed E-state index contributed by atoms with van der Waals surface area (Å²) in [5, 5.41) is 9.48. The van der Waals surface area contributed by atoms with Crippen molar-refractivity contribution in [3.63, 3.8) is 0 Å². The number of nitrogens with zero attached hydrogens (tertiary/aromatic N) is 3. The van der Waals surface area contributed by atoms with E-state index in [2.05, 4.69) is 44.8 Å². The number of hydrogen-bond acceptors (Lipinski definition) is 5. The molecule has 0 radical (unpaired) electrons. The number of aromatic nitrogens is 4. The van der Waals surface area contributed by atoms with Gasteiger partial charge in [-0.15, -0.1) is 0 Å². The maximum Gasteiger partial charge on any atom is 0.348 e. The molecular weight excluding hydrogens is 268 g/mol. The summed E-state index contributed by atoms with van der Waals surface area (Å²) in [6.45, 7) is 1.31. The van der Waals surface area contributed by atoms with Crippen molar-refractivity contribution in [2.45, 2.75) is 13.0 Å². The minimum Gasteiger partial charge on any atom is -0.366 e. The Kier molecular flexibility index (Phi) is 3.65. The fourth-order valence-electron chi connectivity index (χ4n) is 2.09. The van der Waals surface area contributed by atoms with Crippen molar-refractivity contribution in [1.29, 1.82) is 0 Å². The van der Waals surface area contributed by atoms with Gasteiger partial charge in [0.1, 0.15) is 12.1 Å². The van der Waals surface area contributed by atoms with Crippen LogP contribution in [-0.2, 0) is 13.0 Å². The van der Waals surface area contributed by atoms with Crippen molar-refractivity contribution in [1.82, 2.24) is 19.6 Å². The van der Waals surface area contributed by atoms with Crippen molar-refractivity contribution in [2.75, 3.05) is 11.9 Å². The van der Waals surface area contributed by atoms with Gasteiger partial charge in [0.2, 0.25) is 0 Å². The van der Waals surface area contributed by atoms with Gasteiger partial charge in [-0.2, -0.15) is 5.10 Å². The van der Waals surface area contributed by atoms with E-state index in [1.807, 2.05) is 0 Å². The van der Waals surface area contributed by atoms with E-state index >= 15 is 0 Å². The van der Waals surface area contributed by atoms with Gasteiger partial charge in [-0.3, -0.25) is 0 Å². The molecule has 0 spiro atoms. The average molecular weight is 284 g/mol. The fourth-order valence-corrected chi connectivity index (χ4v) is 2.09. The molecule has 3 aromatic rings. The molecule has 0 saturated carbocycles. The van der Waals surface area contributed by atoms with E-state index < -0.39 is 0 Å². The number of aromatic amines is 1. The third kappa shape index (κ3) is 2.92. The third-order valence-electron chi connectivity index (χ3n) is 3.24. The van der Waals surface area contributed by atoms with Gasteiger partial charge < -0.3 is 11.1 Å². The smallest absolute Gasteiger partial charge is 0.348 e. The lowest BCUT2D eigenvalue weighted by atomic mass is 10.1. The van der Waals surface area contributed by atoms with Crippen LogP contribution in [0.4, 0.5) is 5.82 Å². The Bertz CT molecular complexity index is 789. The maximum atomic E-state index is 11.3. The summed E-state index contributed by atoms with van der Waals surface area (Å²) < 4.78 is 1.35. The minimum atomic E-state index is -0.292. The summed E-state index contributed by atoms with van der Waals surface area (Å²) >= 11 is 0. The molecule has 0 saturated heterocycles. The van der Waals surface area contributed by atoms with Crippen LogP contribution in [0.3, 0.4) is 0 Å². The largest absolute Gasteiger partial charge is 0.366 e. The van der Waals surface area contributed by atoms with Crippen LogP contribution in [-0.4, -0.2) is 26.1 Å². The van der Waals surface area contributed by atoms with Crippen LogP contribution < -0.4 is 16.7 Å². The molecule has 2 heterocycles. The van der Waals surface area contributed by atoms with Crippen LogP contribution in [0.15, 0.2) is 41.5 Å². The van der Waals surface area contributed by atoms with Crippen LogP contribution in [0, 0.1) is 0 Å². The lowest BCUT2D eigenvalue weighted by Gasteiger charge is -2.06. The summed E-state index contributed by atoms with van der Waals surface area (Å²) in [5.41, 5.74) is 8.16. The molecule has 0 atom stereocenters. The zero-order valence-corrected chi connectivity index (χ0v) is 11.4. The third-order valence-corrected chi connectivity index (χ3v) is 3.24. The van der Waals surface area contributed by atoms with Gasteiger partial charge in [0, 0.05) is 12.6 Å². The van der Waals surface area contributed by atoms with Crippen molar-refractivity contribution < 1.29 is 0 Å². The van der Waals surface area contributed by atoms with Gasteiger partial charge in [-0.05, 0) is 24.1 Å². The van der Waals surface area contributed by atoms with Gasteiger partial charge in [-0.25, -0.2) is 19.3 Å². The fraction of sp³-hybridized carbons (Fsp3) is 0.214. The average Bonchev–Trinajstić information content (AvgIpc) is 2.88. The molecule has 0 bridgehead atoms. The van der Waals surface area contributed by atoms with E-state index in [1.54, 1.807) is 6.07 Å². The lowest BCUT2D eigenvalue weighted by molar-refractivity contribution is 0.965. The van der Waals surface area contributed by atoms with E-state index in [4.69, 9.17) is 5.73 Å². The van der Waals surface area contributed by atoms with Gasteiger partial charge in [0.05, 0.1) is 0 Å². The Balaban J connectivity index is 1.69. The quantitative estimate of drug-likeness (QED) is 0.634. The molecule has 0 unspecified atom stereocenters. The second-order valence-corrected chi connectivity index (χ2v) is 4.74. The highest BCUT2D eigenvalue weighted by atomic mass is 16.1. The summed E-state index contributed by atoms with van der Waals surface area (Å²) in [6.07, 6.45) is 2.34. The highest BCUT2D eigenvalue weighted by molar-refractivity contribution is 5.48. The number of hydrogen-bond donors (Lipinski definition) is 3. The number of anilines is 1. The number of H-pyrrole nitrogens is 1. The van der Waals surface area contributed by atoms with E-state index in [0.29, 0.717) is 24.6 Å². The number of benzene rings is 1. The van der Waals surface area contributed by atoms with Crippen LogP contribution in [0.25, 0.3) is 5.65 Å². The van der Waals surface area contributed by atoms with E-state index in [1.165, 1.54) is 16.3 Å². The van der Waals surface area contributed by atoms with Crippen molar-refractivity contribution in [2.24, 2.45) is 5.73 Å². The highest BCUT2D eigenvalue weighted by Crippen LogP contribution is 2.09. The van der Waals surface area contributed by atoms with E-state index in [-0.39, 0.29) is 5.69 Å². The molecule has 0 fully saturated rings. The first-order chi connectivity index (χ1) is 10.3. The van der Waals surface area contributed by atoms with Crippen molar-refractivity contribution in [3.8, 4) is 0 Å². The lowest BCUT2D eigenvalue weighted by Crippen LogP contribution is -2.10. The molecule has 4 N–H and O–H groups in total. The predicted molar refractivity (Wildman–Crippen MR) is 80.1 cm³/mol. The first kappa shape index (κ1) is 13.3. The second-order valence-electron chi connectivity index (χ2n) is 4.74. The predicted octanol–water partition coefficient (Wildman–Crippen LogP) is 0.531. The molecular formula is C14H16N6O. The highest BCUT2D eigenvalue weighted by Gasteiger charge is 2.02. The maximum absolute atomic E-state index is 11.3. The molecule has 2 aromatic heterocycles. The molecule has 108 valence electrons. The Labute approximate surface area is 120 Å². The zero-order valence-electron chi connectivity index (χ0n) is 11.4. The Morgan fingerprint density at radius 1 is 1.24 bits per heavy atom. The Morgan fingerprint density at radius 3 is 2.76 bits per heavy atom. The minimum absolute atomic E-state index is 0.292. The zero-order chi connectivity index (χ0) is 14.7. The van der Waals surface area contributed by atoms with Gasteiger partial charge in [-0.1, -0.05) is 24.3 Å². The Morgan fingerprint density at radius 2 is 2.00 bits per heavy atom. The molecule has 7 nitrogen and oxygen atoms in total. The van der Waals surface area contributed by atoms with Gasteiger partial charge in [0.25, 0.3) is 0 Å². The first-order valence-electron chi connectivity index (χ1n) is 6.71. The summed E-state index contributed by atoms with van der Waals surface area (Å²) in [7, 11) is 0. The normalized spacial score (nSPS) is 10.9. The molecule has 0 aliphatic heterocycles. The second kappa shape index (κ2) is 5.76. The SMILES string of the molecule is NCCc1ccc(CNc2cc3n[nH]c(=O)n3cn2)cc1. The molecule has 0 aliphatic carbocycles. The standard InChI is InChI=1S/C14H16N6O/c15-6-5-10-1-3-11(4-2-10)8-16-12-7-13-18-19-14(21)20(13)9-17-12/h1-4,7,9,16H,5-6,8,15H2,(H,19,21). The summed E-state index contributed by atoms with van der Waals surface area (Å²) in [5.74, 6) is 0.674. The number of nitrogens with two attached hydrogens (primary N) is 1. The summed E-state index contributed by atoms with van der Waals surface area (Å²) in [6, 6.07) is 10.0. The van der Waals surface area contributed by atoms with E-state index in [0.717, 1.165) is 12.0 Å². The van der Waals surface area contributed by atoms with Crippen LogP contribution in [0.5, 0.6) is 0 Å². The van der Waals surface area contributed by atoms with Crippen LogP contribution >= 0.6 is 0 Å². The summed E-state index contributed by atoms with van der Waals surface area (Å²) in [4.78, 5) is 15.5. The van der Waals surface area contributed by atoms with Crippen molar-refractivity contribution in [3.05, 3.63) is 58.3 Å². The van der Waals surface area contributed by atoms with E-state index in [9.17, 15) is 4.79 Å². The topological polar surface area (TPSA) is 101 Å². The van der Waals surface area contributed by atoms with Gasteiger partial charge >= 0.3 is 5.69 Å². The van der Waals surface area contributed by atoms with Crippen molar-refractivity contribution >= 4 is 11.5 Å². The molecule has 1 aromatic carbocycles.